The molecule has 2 aliphatic rings. The molecule has 3 heteroatoms. The van der Waals surface area contributed by atoms with Gasteiger partial charge in [-0.15, -0.1) is 0 Å². The first-order valence-electron chi connectivity index (χ1n) is 8.16. The Kier molecular flexibility index (Phi) is 5.54. The molecule has 0 N–H and O–H groups in total. The van der Waals surface area contributed by atoms with Crippen LogP contribution in [0, 0.1) is 24.7 Å². The van der Waals surface area contributed by atoms with Crippen LogP contribution in [-0.4, -0.2) is 0 Å². The molecule has 0 amide bonds. The van der Waals surface area contributed by atoms with Crippen LogP contribution >= 0.6 is 47.8 Å². The van der Waals surface area contributed by atoms with Crippen molar-refractivity contribution >= 4 is 47.8 Å². The predicted molar refractivity (Wildman–Crippen MR) is 101 cm³/mol. The smallest absolute Gasteiger partial charge is 0.0435 e. The molecule has 0 bridgehead atoms. The maximum absolute atomic E-state index is 4.02. The molecule has 0 spiro atoms. The highest BCUT2D eigenvalue weighted by Gasteiger charge is 2.35. The normalized spacial score (nSPS) is 30.8. The van der Waals surface area contributed by atoms with Gasteiger partial charge >= 0.3 is 0 Å². The molecular formula is C18H23Br3. The summed E-state index contributed by atoms with van der Waals surface area (Å²) in [5, 5.41) is 0. The van der Waals surface area contributed by atoms with Crippen LogP contribution < -0.4 is 0 Å². The molecule has 0 heterocycles. The molecule has 3 rings (SSSR count). The number of fused-ring (bicyclic) bond motifs is 1. The summed E-state index contributed by atoms with van der Waals surface area (Å²) in [5.74, 6) is 2.81. The van der Waals surface area contributed by atoms with Crippen LogP contribution in [0.5, 0.6) is 0 Å². The molecule has 0 nitrogen and oxygen atoms in total. The predicted octanol–water partition coefficient (Wildman–Crippen LogP) is 7.56. The van der Waals surface area contributed by atoms with E-state index in [4.69, 9.17) is 0 Å². The highest BCUT2D eigenvalue weighted by atomic mass is 79.9. The molecule has 2 fully saturated rings. The summed E-state index contributed by atoms with van der Waals surface area (Å²) in [6, 6.07) is 4.53. The number of halogens is 3. The van der Waals surface area contributed by atoms with Crippen LogP contribution in [0.1, 0.15) is 60.9 Å². The summed E-state index contributed by atoms with van der Waals surface area (Å²) in [6.07, 6.45) is 10.1. The van der Waals surface area contributed by atoms with Gasteiger partial charge in [0.1, 0.15) is 0 Å². The lowest BCUT2D eigenvalue weighted by Crippen LogP contribution is -2.29. The summed E-state index contributed by atoms with van der Waals surface area (Å²) < 4.78 is 2.47. The first-order valence-corrected chi connectivity index (χ1v) is 10.7. The molecule has 0 aromatic heterocycles. The van der Waals surface area contributed by atoms with Gasteiger partial charge in [0.2, 0.25) is 0 Å². The summed E-state index contributed by atoms with van der Waals surface area (Å²) in [7, 11) is 0. The molecule has 116 valence electrons. The Morgan fingerprint density at radius 1 is 0.952 bits per heavy atom. The minimum absolute atomic E-state index is 0.478. The van der Waals surface area contributed by atoms with E-state index in [0.29, 0.717) is 4.83 Å². The van der Waals surface area contributed by atoms with Crippen molar-refractivity contribution in [3.63, 3.8) is 0 Å². The topological polar surface area (TPSA) is 0 Å². The fraction of sp³-hybridized carbons (Fsp3) is 0.667. The van der Waals surface area contributed by atoms with Crippen LogP contribution in [-0.2, 0) is 0 Å². The van der Waals surface area contributed by atoms with Gasteiger partial charge < -0.3 is 0 Å². The van der Waals surface area contributed by atoms with Crippen molar-refractivity contribution < 1.29 is 0 Å². The Balaban J connectivity index is 1.76. The van der Waals surface area contributed by atoms with Gasteiger partial charge in [0.05, 0.1) is 0 Å². The molecule has 0 aliphatic heterocycles. The van der Waals surface area contributed by atoms with Gasteiger partial charge in [-0.2, -0.15) is 0 Å². The van der Waals surface area contributed by atoms with E-state index in [1.807, 2.05) is 0 Å². The maximum Gasteiger partial charge on any atom is 0.0435 e. The molecule has 2 aliphatic carbocycles. The van der Waals surface area contributed by atoms with E-state index >= 15 is 0 Å². The fourth-order valence-electron chi connectivity index (χ4n) is 4.30. The highest BCUT2D eigenvalue weighted by molar-refractivity contribution is 9.11. The molecule has 1 aromatic rings. The zero-order valence-electron chi connectivity index (χ0n) is 12.5. The van der Waals surface area contributed by atoms with Gasteiger partial charge in [0, 0.05) is 13.8 Å². The number of rotatable bonds is 2. The van der Waals surface area contributed by atoms with E-state index in [1.54, 1.807) is 0 Å². The number of benzene rings is 1. The zero-order valence-corrected chi connectivity index (χ0v) is 17.3. The Hall–Kier alpha value is 0.660. The number of hydrogen-bond acceptors (Lipinski definition) is 0. The number of alkyl halides is 1. The zero-order chi connectivity index (χ0) is 15.0. The third-order valence-electron chi connectivity index (χ3n) is 5.57. The molecule has 21 heavy (non-hydrogen) atoms. The Bertz CT molecular complexity index is 511. The van der Waals surface area contributed by atoms with Crippen molar-refractivity contribution in [1.29, 1.82) is 0 Å². The summed E-state index contributed by atoms with van der Waals surface area (Å²) in [4.78, 5) is 0.478. The van der Waals surface area contributed by atoms with Crippen molar-refractivity contribution in [2.75, 3.05) is 0 Å². The standard InChI is InChI=1S/C18H23Br3/c1-11-8-17(20)15(10-16(11)19)18(21)14-7-6-12-4-2-3-5-13(12)9-14/h8,10,12-14,18H,2-7,9H2,1H3. The number of hydrogen-bond donors (Lipinski definition) is 0. The second kappa shape index (κ2) is 7.05. The SMILES string of the molecule is Cc1cc(Br)c(C(Br)C2CCC3CCCCC3C2)cc1Br. The highest BCUT2D eigenvalue weighted by Crippen LogP contribution is 2.49. The van der Waals surface area contributed by atoms with Gasteiger partial charge in [-0.05, 0) is 67.2 Å². The molecule has 4 unspecified atom stereocenters. The molecule has 1 aromatic carbocycles. The lowest BCUT2D eigenvalue weighted by atomic mass is 9.66. The average Bonchev–Trinajstić information content (AvgIpc) is 2.50. The van der Waals surface area contributed by atoms with Crippen LogP contribution in [0.2, 0.25) is 0 Å². The van der Waals surface area contributed by atoms with E-state index in [2.05, 4.69) is 66.8 Å². The van der Waals surface area contributed by atoms with Gasteiger partial charge in [-0.3, -0.25) is 0 Å². The Labute approximate surface area is 153 Å². The largest absolute Gasteiger partial charge is 0.0835 e. The van der Waals surface area contributed by atoms with E-state index < -0.39 is 0 Å². The molecular weight excluding hydrogens is 456 g/mol. The fourth-order valence-corrected chi connectivity index (χ4v) is 6.53. The first-order chi connectivity index (χ1) is 10.1. The minimum Gasteiger partial charge on any atom is -0.0835 e. The number of aryl methyl sites for hydroxylation is 1. The summed E-state index contributed by atoms with van der Waals surface area (Å²) in [5.41, 5.74) is 2.70. The van der Waals surface area contributed by atoms with Crippen molar-refractivity contribution in [2.24, 2.45) is 17.8 Å². The lowest BCUT2D eigenvalue weighted by molar-refractivity contribution is 0.129. The lowest BCUT2D eigenvalue weighted by Gasteiger charge is -2.41. The monoisotopic (exact) mass is 476 g/mol. The first kappa shape index (κ1) is 16.5. The van der Waals surface area contributed by atoms with Crippen LogP contribution in [0.3, 0.4) is 0 Å². The van der Waals surface area contributed by atoms with Crippen molar-refractivity contribution in [3.05, 3.63) is 32.2 Å². The van der Waals surface area contributed by atoms with E-state index in [-0.39, 0.29) is 0 Å². The summed E-state index contributed by atoms with van der Waals surface area (Å²) >= 11 is 11.5. The van der Waals surface area contributed by atoms with Crippen molar-refractivity contribution in [2.45, 2.75) is 56.7 Å². The van der Waals surface area contributed by atoms with Gasteiger partial charge in [-0.1, -0.05) is 73.5 Å². The van der Waals surface area contributed by atoms with Gasteiger partial charge in [0.15, 0.2) is 0 Å². The van der Waals surface area contributed by atoms with E-state index in [0.717, 1.165) is 17.8 Å². The van der Waals surface area contributed by atoms with Crippen LogP contribution in [0.25, 0.3) is 0 Å². The minimum atomic E-state index is 0.478. The maximum atomic E-state index is 4.02. The third-order valence-corrected chi connectivity index (χ3v) is 8.35. The molecule has 4 atom stereocenters. The Morgan fingerprint density at radius 2 is 1.67 bits per heavy atom. The molecule has 0 saturated heterocycles. The van der Waals surface area contributed by atoms with Gasteiger partial charge in [0.25, 0.3) is 0 Å². The average molecular weight is 479 g/mol. The molecule has 0 radical (unpaired) electrons. The third kappa shape index (κ3) is 3.61. The van der Waals surface area contributed by atoms with Gasteiger partial charge in [-0.25, -0.2) is 0 Å². The van der Waals surface area contributed by atoms with Crippen molar-refractivity contribution in [3.8, 4) is 0 Å². The van der Waals surface area contributed by atoms with E-state index in [1.165, 1.54) is 65.0 Å². The van der Waals surface area contributed by atoms with Crippen LogP contribution in [0.15, 0.2) is 21.1 Å². The van der Waals surface area contributed by atoms with Crippen LogP contribution in [0.4, 0.5) is 0 Å². The quantitative estimate of drug-likeness (QED) is 0.384. The summed E-state index contributed by atoms with van der Waals surface area (Å²) in [6.45, 7) is 2.15. The van der Waals surface area contributed by atoms with E-state index in [9.17, 15) is 0 Å². The second-order valence-electron chi connectivity index (χ2n) is 6.90. The molecule has 2 saturated carbocycles. The second-order valence-corrected chi connectivity index (χ2v) is 9.60. The Morgan fingerprint density at radius 3 is 2.43 bits per heavy atom. The van der Waals surface area contributed by atoms with Crippen molar-refractivity contribution in [1.82, 2.24) is 0 Å².